The zero-order chi connectivity index (χ0) is 49.0. The van der Waals surface area contributed by atoms with Gasteiger partial charge in [-0.15, -0.1) is 0 Å². The van der Waals surface area contributed by atoms with Crippen LogP contribution in [0.1, 0.15) is 0 Å². The largest absolute Gasteiger partial charge is 0.310 e. The summed E-state index contributed by atoms with van der Waals surface area (Å²) in [6.45, 7) is 0. The molecule has 0 aliphatic heterocycles. The molecule has 0 saturated heterocycles. The zero-order valence-electron chi connectivity index (χ0n) is 40.6. The van der Waals surface area contributed by atoms with Crippen LogP contribution >= 0.6 is 0 Å². The van der Waals surface area contributed by atoms with Crippen molar-refractivity contribution in [1.29, 1.82) is 0 Å². The molecule has 74 heavy (non-hydrogen) atoms. The van der Waals surface area contributed by atoms with Gasteiger partial charge in [-0.25, -0.2) is 0 Å². The standard InChI is InChI=1S/C72H48N2/c1-3-18-51(19-4-1)60-32-16-22-53-23-17-33-61(70(53)60)52-40-46-57(47-41-52)73(56-42-36-49(37-43-56)50-38-44-58(45-39-50)74-68-34-13-11-28-64(68)65-29-12-14-35-69(65)74)59-25-15-24-55(48-59)72-67-31-10-8-27-63(67)62-26-7-9-30-66(62)71(72)54-20-5-2-6-21-54/h1-48H. The van der Waals surface area contributed by atoms with Crippen LogP contribution in [0.4, 0.5) is 17.1 Å². The summed E-state index contributed by atoms with van der Waals surface area (Å²) in [4.78, 5) is 2.41. The van der Waals surface area contributed by atoms with Crippen LogP contribution in [0.5, 0.6) is 0 Å². The van der Waals surface area contributed by atoms with E-state index in [0.29, 0.717) is 0 Å². The number of nitrogens with zero attached hydrogens (tertiary/aromatic N) is 2. The molecule has 0 unspecified atom stereocenters. The Morgan fingerprint density at radius 3 is 1.20 bits per heavy atom. The average molecular weight is 941 g/mol. The first kappa shape index (κ1) is 43.1. The first-order chi connectivity index (χ1) is 36.7. The molecule has 1 aromatic heterocycles. The van der Waals surface area contributed by atoms with Crippen LogP contribution in [0.2, 0.25) is 0 Å². The molecule has 346 valence electrons. The Bertz CT molecular complexity index is 4320. The molecule has 0 radical (unpaired) electrons. The van der Waals surface area contributed by atoms with Crippen molar-refractivity contribution in [2.24, 2.45) is 0 Å². The fourth-order valence-electron chi connectivity index (χ4n) is 11.6. The van der Waals surface area contributed by atoms with Gasteiger partial charge in [-0.05, 0) is 149 Å². The number of aromatic nitrogens is 1. The van der Waals surface area contributed by atoms with E-state index in [0.717, 1.165) is 33.9 Å². The maximum absolute atomic E-state index is 2.41. The molecule has 0 atom stereocenters. The third-order valence-electron chi connectivity index (χ3n) is 15.0. The van der Waals surface area contributed by atoms with E-state index in [1.54, 1.807) is 0 Å². The van der Waals surface area contributed by atoms with Gasteiger partial charge in [0.15, 0.2) is 0 Å². The van der Waals surface area contributed by atoms with E-state index in [1.165, 1.54) is 98.6 Å². The molecule has 14 rings (SSSR count). The van der Waals surface area contributed by atoms with Gasteiger partial charge >= 0.3 is 0 Å². The first-order valence-electron chi connectivity index (χ1n) is 25.5. The minimum absolute atomic E-state index is 1.07. The fourth-order valence-corrected chi connectivity index (χ4v) is 11.6. The normalized spacial score (nSPS) is 11.5. The second-order valence-electron chi connectivity index (χ2n) is 19.2. The van der Waals surface area contributed by atoms with Gasteiger partial charge in [0.2, 0.25) is 0 Å². The number of rotatable bonds is 9. The monoisotopic (exact) mass is 940 g/mol. The van der Waals surface area contributed by atoms with Crippen molar-refractivity contribution in [3.8, 4) is 61.3 Å². The number of anilines is 3. The van der Waals surface area contributed by atoms with Gasteiger partial charge in [-0.1, -0.05) is 231 Å². The van der Waals surface area contributed by atoms with E-state index in [-0.39, 0.29) is 0 Å². The second kappa shape index (κ2) is 18.1. The third-order valence-corrected chi connectivity index (χ3v) is 15.0. The van der Waals surface area contributed by atoms with E-state index < -0.39 is 0 Å². The molecular formula is C72H48N2. The molecule has 0 fully saturated rings. The summed E-state index contributed by atoms with van der Waals surface area (Å²) in [6.07, 6.45) is 0. The Morgan fingerprint density at radius 1 is 0.243 bits per heavy atom. The molecule has 0 N–H and O–H groups in total. The molecular weight excluding hydrogens is 893 g/mol. The van der Waals surface area contributed by atoms with Crippen molar-refractivity contribution >= 4 is 71.2 Å². The number of fused-ring (bicyclic) bond motifs is 7. The van der Waals surface area contributed by atoms with E-state index >= 15 is 0 Å². The first-order valence-corrected chi connectivity index (χ1v) is 25.5. The molecule has 2 nitrogen and oxygen atoms in total. The molecule has 0 amide bonds. The summed E-state index contributed by atoms with van der Waals surface area (Å²) in [6, 6.07) is 106. The molecule has 2 heteroatoms. The Labute approximate surface area is 430 Å². The lowest BCUT2D eigenvalue weighted by atomic mass is 9.85. The lowest BCUT2D eigenvalue weighted by Gasteiger charge is -2.27. The van der Waals surface area contributed by atoms with Crippen LogP contribution in [0, 0.1) is 0 Å². The van der Waals surface area contributed by atoms with Crippen LogP contribution in [0.15, 0.2) is 291 Å². The topological polar surface area (TPSA) is 8.17 Å². The van der Waals surface area contributed by atoms with Crippen LogP contribution in [0.25, 0.3) is 115 Å². The van der Waals surface area contributed by atoms with Gasteiger partial charge in [0.25, 0.3) is 0 Å². The van der Waals surface area contributed by atoms with E-state index in [4.69, 9.17) is 0 Å². The lowest BCUT2D eigenvalue weighted by Crippen LogP contribution is -2.10. The van der Waals surface area contributed by atoms with E-state index in [2.05, 4.69) is 301 Å². The van der Waals surface area contributed by atoms with E-state index in [1.807, 2.05) is 0 Å². The number of hydrogen-bond acceptors (Lipinski definition) is 1. The quantitative estimate of drug-likeness (QED) is 0.131. The van der Waals surface area contributed by atoms with Gasteiger partial charge < -0.3 is 9.47 Å². The highest BCUT2D eigenvalue weighted by atomic mass is 15.1. The summed E-state index contributed by atoms with van der Waals surface area (Å²) in [5.74, 6) is 0. The SMILES string of the molecule is c1ccc(-c2c(-c3cccc(N(c4ccc(-c5ccc(-n6c7ccccc7c7ccccc76)cc5)cc4)c4ccc(-c5cccc6cccc(-c7ccccc7)c56)cc4)c3)c3ccccc3c3ccccc23)cc1. The Hall–Kier alpha value is -9.76. The number of benzene rings is 13. The van der Waals surface area contributed by atoms with E-state index in [9.17, 15) is 0 Å². The molecule has 0 aliphatic rings. The van der Waals surface area contributed by atoms with Gasteiger partial charge in [0.05, 0.1) is 11.0 Å². The van der Waals surface area contributed by atoms with Crippen LogP contribution < -0.4 is 4.90 Å². The van der Waals surface area contributed by atoms with Crippen molar-refractivity contribution in [2.45, 2.75) is 0 Å². The molecule has 14 aromatic rings. The highest BCUT2D eigenvalue weighted by molar-refractivity contribution is 6.22. The van der Waals surface area contributed by atoms with Crippen molar-refractivity contribution < 1.29 is 0 Å². The maximum Gasteiger partial charge on any atom is 0.0541 e. The number of para-hydroxylation sites is 2. The average Bonchev–Trinajstić information content (AvgIpc) is 3.84. The Kier molecular flexibility index (Phi) is 10.6. The predicted octanol–water partition coefficient (Wildman–Crippen LogP) is 20.0. The summed E-state index contributed by atoms with van der Waals surface area (Å²) >= 11 is 0. The van der Waals surface area contributed by atoms with Crippen LogP contribution in [-0.4, -0.2) is 4.57 Å². The van der Waals surface area contributed by atoms with Gasteiger partial charge in [0.1, 0.15) is 0 Å². The van der Waals surface area contributed by atoms with Crippen molar-refractivity contribution in [1.82, 2.24) is 4.57 Å². The third kappa shape index (κ3) is 7.35. The van der Waals surface area contributed by atoms with Gasteiger partial charge in [-0.2, -0.15) is 0 Å². The predicted molar refractivity (Wildman–Crippen MR) is 315 cm³/mol. The lowest BCUT2D eigenvalue weighted by molar-refractivity contribution is 1.18. The summed E-state index contributed by atoms with van der Waals surface area (Å²) in [5.41, 5.74) is 18.8. The molecule has 13 aromatic carbocycles. The zero-order valence-corrected chi connectivity index (χ0v) is 40.6. The summed E-state index contributed by atoms with van der Waals surface area (Å²) < 4.78 is 2.38. The van der Waals surface area contributed by atoms with Crippen molar-refractivity contribution in [3.05, 3.63) is 291 Å². The Morgan fingerprint density at radius 2 is 0.649 bits per heavy atom. The van der Waals surface area contributed by atoms with Crippen molar-refractivity contribution in [2.75, 3.05) is 4.90 Å². The highest BCUT2D eigenvalue weighted by Gasteiger charge is 2.21. The van der Waals surface area contributed by atoms with Gasteiger partial charge in [-0.3, -0.25) is 0 Å². The van der Waals surface area contributed by atoms with Crippen LogP contribution in [-0.2, 0) is 0 Å². The molecule has 0 bridgehead atoms. The minimum atomic E-state index is 1.07. The molecule has 0 aliphatic carbocycles. The maximum atomic E-state index is 2.41. The Balaban J connectivity index is 0.902. The molecule has 0 spiro atoms. The number of hydrogen-bond donors (Lipinski definition) is 0. The summed E-state index contributed by atoms with van der Waals surface area (Å²) in [5, 5.41) is 9.99. The highest BCUT2D eigenvalue weighted by Crippen LogP contribution is 2.47. The fraction of sp³-hybridized carbons (Fsp3) is 0. The summed E-state index contributed by atoms with van der Waals surface area (Å²) in [7, 11) is 0. The molecule has 1 heterocycles. The van der Waals surface area contributed by atoms with Crippen LogP contribution in [0.3, 0.4) is 0 Å². The minimum Gasteiger partial charge on any atom is -0.310 e. The molecule has 0 saturated carbocycles. The van der Waals surface area contributed by atoms with Gasteiger partial charge in [0, 0.05) is 33.5 Å². The smallest absolute Gasteiger partial charge is 0.0541 e. The van der Waals surface area contributed by atoms with Crippen molar-refractivity contribution in [3.63, 3.8) is 0 Å². The second-order valence-corrected chi connectivity index (χ2v) is 19.2.